The molecule has 0 heterocycles. The topological polar surface area (TPSA) is 83.8 Å². The van der Waals surface area contributed by atoms with Crippen molar-refractivity contribution in [3.8, 4) is 0 Å². The van der Waals surface area contributed by atoms with Gasteiger partial charge in [-0.1, -0.05) is 26.7 Å². The number of hydrogen-bond donors (Lipinski definition) is 2. The van der Waals surface area contributed by atoms with Crippen molar-refractivity contribution in [2.75, 3.05) is 0 Å². The molecule has 0 spiro atoms. The monoisotopic (exact) mass is 274 g/mol. The summed E-state index contributed by atoms with van der Waals surface area (Å²) < 4.78 is 5.11. The number of aliphatic hydroxyl groups is 1. The molecule has 0 aliphatic heterocycles. The lowest BCUT2D eigenvalue weighted by atomic mass is 10.1. The highest BCUT2D eigenvalue weighted by molar-refractivity contribution is 5.70. The number of esters is 1. The Morgan fingerprint density at radius 1 is 1.05 bits per heavy atom. The molecule has 0 amide bonds. The number of unbranched alkanes of at least 4 members (excludes halogenated alkanes) is 3. The molecule has 0 aliphatic rings. The highest BCUT2D eigenvalue weighted by Gasteiger charge is 2.28. The van der Waals surface area contributed by atoms with Gasteiger partial charge in [-0.2, -0.15) is 0 Å². The molecule has 0 radical (unpaired) electrons. The number of aliphatic carboxylic acids is 1. The van der Waals surface area contributed by atoms with Crippen molar-refractivity contribution in [3.05, 3.63) is 0 Å². The molecule has 0 aromatic rings. The van der Waals surface area contributed by atoms with Gasteiger partial charge in [0.1, 0.15) is 0 Å². The molecule has 0 aromatic heterocycles. The number of rotatable bonds is 11. The van der Waals surface area contributed by atoms with Crippen LogP contribution in [-0.2, 0) is 14.3 Å². The first kappa shape index (κ1) is 17.9. The van der Waals surface area contributed by atoms with E-state index in [1.165, 1.54) is 0 Å². The standard InChI is InChI=1S/C14H26O5/c1-3-5-8-11-14(18,4-2)19-13(17)10-7-6-9-12(15)16/h18H,3-11H2,1-2H3,(H,15,16). The van der Waals surface area contributed by atoms with Crippen molar-refractivity contribution in [3.63, 3.8) is 0 Å². The molecular weight excluding hydrogens is 248 g/mol. The van der Waals surface area contributed by atoms with E-state index in [-0.39, 0.29) is 12.8 Å². The zero-order chi connectivity index (χ0) is 14.7. The van der Waals surface area contributed by atoms with E-state index < -0.39 is 17.7 Å². The van der Waals surface area contributed by atoms with Gasteiger partial charge in [-0.05, 0) is 19.3 Å². The van der Waals surface area contributed by atoms with Gasteiger partial charge >= 0.3 is 11.9 Å². The molecule has 0 rings (SSSR count). The molecule has 0 saturated heterocycles. The minimum Gasteiger partial charge on any atom is -0.481 e. The van der Waals surface area contributed by atoms with Crippen molar-refractivity contribution in [1.82, 2.24) is 0 Å². The zero-order valence-electron chi connectivity index (χ0n) is 12.0. The molecule has 0 fully saturated rings. The first-order chi connectivity index (χ1) is 8.93. The molecule has 112 valence electrons. The Kier molecular flexibility index (Phi) is 9.21. The van der Waals surface area contributed by atoms with E-state index in [2.05, 4.69) is 6.92 Å². The van der Waals surface area contributed by atoms with Gasteiger partial charge in [-0.15, -0.1) is 0 Å². The van der Waals surface area contributed by atoms with Crippen LogP contribution in [0.3, 0.4) is 0 Å². The van der Waals surface area contributed by atoms with Crippen LogP contribution in [0.2, 0.25) is 0 Å². The summed E-state index contributed by atoms with van der Waals surface area (Å²) in [5, 5.41) is 18.6. The van der Waals surface area contributed by atoms with Gasteiger partial charge in [0.15, 0.2) is 0 Å². The SMILES string of the molecule is CCCCCC(O)(CC)OC(=O)CCCCC(=O)O. The fourth-order valence-corrected chi connectivity index (χ4v) is 1.76. The number of carboxylic acids is 1. The second-order valence-electron chi connectivity index (χ2n) is 4.83. The lowest BCUT2D eigenvalue weighted by molar-refractivity contribution is -0.213. The molecule has 0 saturated carbocycles. The fourth-order valence-electron chi connectivity index (χ4n) is 1.76. The smallest absolute Gasteiger partial charge is 0.308 e. The minimum absolute atomic E-state index is 0.0574. The lowest BCUT2D eigenvalue weighted by Crippen LogP contribution is -2.34. The second kappa shape index (κ2) is 9.78. The van der Waals surface area contributed by atoms with E-state index in [9.17, 15) is 14.7 Å². The summed E-state index contributed by atoms with van der Waals surface area (Å²) in [6.45, 7) is 3.85. The molecule has 0 aliphatic carbocycles. The van der Waals surface area contributed by atoms with Crippen LogP contribution >= 0.6 is 0 Å². The second-order valence-corrected chi connectivity index (χ2v) is 4.83. The number of carboxylic acid groups (broad SMARTS) is 1. The highest BCUT2D eigenvalue weighted by atomic mass is 16.7. The molecule has 5 heteroatoms. The maximum Gasteiger partial charge on any atom is 0.308 e. The Morgan fingerprint density at radius 3 is 2.21 bits per heavy atom. The summed E-state index contributed by atoms with van der Waals surface area (Å²) in [4.78, 5) is 21.9. The zero-order valence-corrected chi connectivity index (χ0v) is 12.0. The van der Waals surface area contributed by atoms with Crippen LogP contribution in [0.1, 0.15) is 71.6 Å². The van der Waals surface area contributed by atoms with Crippen LogP contribution < -0.4 is 0 Å². The van der Waals surface area contributed by atoms with Gasteiger partial charge in [0.05, 0.1) is 0 Å². The predicted molar refractivity (Wildman–Crippen MR) is 71.6 cm³/mol. The third-order valence-electron chi connectivity index (χ3n) is 3.05. The van der Waals surface area contributed by atoms with Crippen molar-refractivity contribution < 1.29 is 24.5 Å². The average Bonchev–Trinajstić information content (AvgIpc) is 2.35. The summed E-state index contributed by atoms with van der Waals surface area (Å²) in [6, 6.07) is 0. The molecule has 2 N–H and O–H groups in total. The van der Waals surface area contributed by atoms with Gasteiger partial charge in [-0.3, -0.25) is 9.59 Å². The first-order valence-electron chi connectivity index (χ1n) is 7.09. The van der Waals surface area contributed by atoms with Crippen molar-refractivity contribution in [1.29, 1.82) is 0 Å². The van der Waals surface area contributed by atoms with Crippen molar-refractivity contribution in [2.45, 2.75) is 77.4 Å². The van der Waals surface area contributed by atoms with Crippen LogP contribution in [0.25, 0.3) is 0 Å². The van der Waals surface area contributed by atoms with Gasteiger partial charge in [0.2, 0.25) is 5.79 Å². The van der Waals surface area contributed by atoms with Crippen LogP contribution in [-0.4, -0.2) is 27.9 Å². The van der Waals surface area contributed by atoms with E-state index in [0.29, 0.717) is 25.7 Å². The number of ether oxygens (including phenoxy) is 1. The molecule has 1 atom stereocenters. The van der Waals surface area contributed by atoms with Crippen molar-refractivity contribution >= 4 is 11.9 Å². The summed E-state index contributed by atoms with van der Waals surface area (Å²) in [5.74, 6) is -2.68. The van der Waals surface area contributed by atoms with Crippen LogP contribution in [0.15, 0.2) is 0 Å². The van der Waals surface area contributed by atoms with Crippen LogP contribution in [0.5, 0.6) is 0 Å². The van der Waals surface area contributed by atoms with Gasteiger partial charge in [0, 0.05) is 25.7 Å². The summed E-state index contributed by atoms with van der Waals surface area (Å²) in [7, 11) is 0. The van der Waals surface area contributed by atoms with E-state index in [1.54, 1.807) is 6.92 Å². The molecular formula is C14H26O5. The fraction of sp³-hybridized carbons (Fsp3) is 0.857. The third kappa shape index (κ3) is 9.47. The van der Waals surface area contributed by atoms with Gasteiger partial charge < -0.3 is 14.9 Å². The highest BCUT2D eigenvalue weighted by Crippen LogP contribution is 2.21. The minimum atomic E-state index is -1.36. The first-order valence-corrected chi connectivity index (χ1v) is 7.09. The molecule has 5 nitrogen and oxygen atoms in total. The van der Waals surface area contributed by atoms with Gasteiger partial charge in [0.25, 0.3) is 0 Å². The van der Waals surface area contributed by atoms with E-state index in [0.717, 1.165) is 19.3 Å². The molecule has 0 bridgehead atoms. The normalized spacial score (nSPS) is 13.8. The average molecular weight is 274 g/mol. The quantitative estimate of drug-likeness (QED) is 0.344. The summed E-state index contributed by atoms with van der Waals surface area (Å²) >= 11 is 0. The van der Waals surface area contributed by atoms with Crippen molar-refractivity contribution in [2.24, 2.45) is 0 Å². The summed E-state index contributed by atoms with van der Waals surface area (Å²) in [5.41, 5.74) is 0. The Balaban J connectivity index is 3.94. The van der Waals surface area contributed by atoms with E-state index in [1.807, 2.05) is 0 Å². The Bertz CT molecular complexity index is 277. The summed E-state index contributed by atoms with van der Waals surface area (Å²) in [6.07, 6.45) is 4.83. The molecule has 19 heavy (non-hydrogen) atoms. The van der Waals surface area contributed by atoms with Crippen LogP contribution in [0.4, 0.5) is 0 Å². The Labute approximate surface area is 115 Å². The Hall–Kier alpha value is -1.10. The van der Waals surface area contributed by atoms with Gasteiger partial charge in [-0.25, -0.2) is 0 Å². The Morgan fingerprint density at radius 2 is 1.68 bits per heavy atom. The maximum atomic E-state index is 11.6. The largest absolute Gasteiger partial charge is 0.481 e. The molecule has 1 unspecified atom stereocenters. The predicted octanol–water partition coefficient (Wildman–Crippen LogP) is 2.85. The van der Waals surface area contributed by atoms with E-state index >= 15 is 0 Å². The number of hydrogen-bond acceptors (Lipinski definition) is 4. The van der Waals surface area contributed by atoms with E-state index in [4.69, 9.17) is 9.84 Å². The molecule has 0 aromatic carbocycles. The maximum absolute atomic E-state index is 11.6. The van der Waals surface area contributed by atoms with Crippen LogP contribution in [0, 0.1) is 0 Å². The number of carbonyl (C=O) groups excluding carboxylic acids is 1. The lowest BCUT2D eigenvalue weighted by Gasteiger charge is -2.26. The third-order valence-corrected chi connectivity index (χ3v) is 3.05. The number of carbonyl (C=O) groups is 2.